The highest BCUT2D eigenvalue weighted by molar-refractivity contribution is 6.00. The van der Waals surface area contributed by atoms with Crippen molar-refractivity contribution in [2.45, 2.75) is 39.2 Å². The van der Waals surface area contributed by atoms with Gasteiger partial charge >= 0.3 is 0 Å². The molecular weight excluding hydrogens is 308 g/mol. The number of hydrogen-bond donors (Lipinski definition) is 0. The Labute approximate surface area is 142 Å². The lowest BCUT2D eigenvalue weighted by molar-refractivity contribution is -0.136. The van der Waals surface area contributed by atoms with Gasteiger partial charge in [-0.2, -0.15) is 0 Å². The molecule has 1 aromatic rings. The number of rotatable bonds is 5. The Balaban J connectivity index is 1.70. The molecule has 0 N–H and O–H groups in total. The summed E-state index contributed by atoms with van der Waals surface area (Å²) in [5.41, 5.74) is 0.754. The number of hydrogen-bond acceptors (Lipinski definition) is 4. The molecule has 0 bridgehead atoms. The third-order valence-corrected chi connectivity index (χ3v) is 4.86. The molecule has 0 radical (unpaired) electrons. The van der Waals surface area contributed by atoms with Crippen LogP contribution >= 0.6 is 0 Å². The highest BCUT2D eigenvalue weighted by Gasteiger charge is 2.37. The second-order valence-corrected chi connectivity index (χ2v) is 6.53. The molecule has 1 saturated heterocycles. The second kappa shape index (κ2) is 6.71. The van der Waals surface area contributed by atoms with Crippen LogP contribution < -0.4 is 14.4 Å². The molecule has 2 aliphatic rings. The van der Waals surface area contributed by atoms with Gasteiger partial charge in [0.2, 0.25) is 18.6 Å². The molecular formula is C18H24N2O4. The van der Waals surface area contributed by atoms with Crippen LogP contribution in [-0.4, -0.2) is 43.1 Å². The van der Waals surface area contributed by atoms with Gasteiger partial charge in [0.05, 0.1) is 5.92 Å². The highest BCUT2D eigenvalue weighted by atomic mass is 16.7. The number of nitrogens with zero attached hydrogens (tertiary/aromatic N) is 2. The fourth-order valence-electron chi connectivity index (χ4n) is 3.29. The fraction of sp³-hybridized carbons (Fsp3) is 0.556. The molecule has 24 heavy (non-hydrogen) atoms. The van der Waals surface area contributed by atoms with Crippen LogP contribution in [0, 0.1) is 5.92 Å². The summed E-state index contributed by atoms with van der Waals surface area (Å²) in [4.78, 5) is 28.5. The van der Waals surface area contributed by atoms with Crippen molar-refractivity contribution in [1.82, 2.24) is 4.90 Å². The molecule has 1 aromatic carbocycles. The van der Waals surface area contributed by atoms with E-state index in [4.69, 9.17) is 9.47 Å². The molecule has 6 heteroatoms. The Hall–Kier alpha value is -2.24. The minimum absolute atomic E-state index is 0.0243. The van der Waals surface area contributed by atoms with E-state index in [1.807, 2.05) is 20.0 Å². The van der Waals surface area contributed by atoms with Crippen molar-refractivity contribution in [1.29, 1.82) is 0 Å². The average Bonchev–Trinajstić information content (AvgIpc) is 3.19. The number of carbonyl (C=O) groups excluding carboxylic acids is 2. The van der Waals surface area contributed by atoms with E-state index in [0.717, 1.165) is 18.5 Å². The summed E-state index contributed by atoms with van der Waals surface area (Å²) < 4.78 is 10.7. The van der Waals surface area contributed by atoms with Crippen LogP contribution in [0.25, 0.3) is 0 Å². The molecule has 130 valence electrons. The van der Waals surface area contributed by atoms with E-state index in [1.54, 1.807) is 21.9 Å². The summed E-state index contributed by atoms with van der Waals surface area (Å²) in [7, 11) is 1.83. The standard InChI is InChI=1S/C18H24N2O4/c1-4-5-12(2)19(3)18(22)13-8-17(21)20(10-13)14-6-7-15-16(9-14)24-11-23-15/h6-7,9,12-13H,4-5,8,10-11H2,1-3H3/t12-,13-/m0/s1. The first-order chi connectivity index (χ1) is 11.5. The van der Waals surface area contributed by atoms with Crippen molar-refractivity contribution < 1.29 is 19.1 Å². The molecule has 1 fully saturated rings. The van der Waals surface area contributed by atoms with Gasteiger partial charge in [-0.3, -0.25) is 9.59 Å². The van der Waals surface area contributed by atoms with Crippen molar-refractivity contribution in [2.24, 2.45) is 5.92 Å². The van der Waals surface area contributed by atoms with Gasteiger partial charge in [-0.15, -0.1) is 0 Å². The van der Waals surface area contributed by atoms with E-state index in [2.05, 4.69) is 6.92 Å². The normalized spacial score (nSPS) is 20.4. The first-order valence-electron chi connectivity index (χ1n) is 8.48. The second-order valence-electron chi connectivity index (χ2n) is 6.53. The van der Waals surface area contributed by atoms with Crippen LogP contribution in [0.5, 0.6) is 11.5 Å². The molecule has 2 amide bonds. The Morgan fingerprint density at radius 2 is 2.12 bits per heavy atom. The highest BCUT2D eigenvalue weighted by Crippen LogP contribution is 2.37. The zero-order valence-electron chi connectivity index (χ0n) is 14.4. The molecule has 0 spiro atoms. The largest absolute Gasteiger partial charge is 0.454 e. The molecule has 2 aliphatic heterocycles. The first-order valence-corrected chi connectivity index (χ1v) is 8.48. The van der Waals surface area contributed by atoms with Gasteiger partial charge < -0.3 is 19.3 Å². The quantitative estimate of drug-likeness (QED) is 0.831. The lowest BCUT2D eigenvalue weighted by atomic mass is 10.1. The summed E-state index contributed by atoms with van der Waals surface area (Å²) in [6.07, 6.45) is 2.26. The zero-order chi connectivity index (χ0) is 17.3. The lowest BCUT2D eigenvalue weighted by Crippen LogP contribution is -2.40. The van der Waals surface area contributed by atoms with E-state index < -0.39 is 0 Å². The van der Waals surface area contributed by atoms with Gasteiger partial charge in [-0.1, -0.05) is 13.3 Å². The Morgan fingerprint density at radius 3 is 2.88 bits per heavy atom. The van der Waals surface area contributed by atoms with Gasteiger partial charge in [0.25, 0.3) is 0 Å². The van der Waals surface area contributed by atoms with Crippen molar-refractivity contribution in [3.63, 3.8) is 0 Å². The van der Waals surface area contributed by atoms with Crippen molar-refractivity contribution >= 4 is 17.5 Å². The van der Waals surface area contributed by atoms with Crippen molar-refractivity contribution in [3.8, 4) is 11.5 Å². The number of amides is 2. The third kappa shape index (κ3) is 3.05. The number of anilines is 1. The van der Waals surface area contributed by atoms with E-state index in [-0.39, 0.29) is 37.0 Å². The van der Waals surface area contributed by atoms with Crippen LogP contribution in [0.2, 0.25) is 0 Å². The van der Waals surface area contributed by atoms with E-state index in [9.17, 15) is 9.59 Å². The van der Waals surface area contributed by atoms with Gasteiger partial charge in [-0.25, -0.2) is 0 Å². The van der Waals surface area contributed by atoms with Gasteiger partial charge in [-0.05, 0) is 25.5 Å². The smallest absolute Gasteiger partial charge is 0.231 e. The Kier molecular flexibility index (Phi) is 4.64. The molecule has 0 unspecified atom stereocenters. The van der Waals surface area contributed by atoms with E-state index in [0.29, 0.717) is 18.0 Å². The number of ether oxygens (including phenoxy) is 2. The molecule has 3 rings (SSSR count). The predicted octanol–water partition coefficient (Wildman–Crippen LogP) is 2.42. The fourth-order valence-corrected chi connectivity index (χ4v) is 3.29. The van der Waals surface area contributed by atoms with Crippen LogP contribution in [0.15, 0.2) is 18.2 Å². The maximum Gasteiger partial charge on any atom is 0.231 e. The maximum absolute atomic E-state index is 12.7. The Morgan fingerprint density at radius 1 is 1.38 bits per heavy atom. The average molecular weight is 332 g/mol. The summed E-state index contributed by atoms with van der Waals surface area (Å²) in [5, 5.41) is 0. The van der Waals surface area contributed by atoms with E-state index in [1.165, 1.54) is 0 Å². The van der Waals surface area contributed by atoms with E-state index >= 15 is 0 Å². The summed E-state index contributed by atoms with van der Waals surface area (Å²) in [6.45, 7) is 4.78. The minimum atomic E-state index is -0.285. The Bertz CT molecular complexity index is 646. The molecule has 0 aliphatic carbocycles. The lowest BCUT2D eigenvalue weighted by Gasteiger charge is -2.27. The summed E-state index contributed by atoms with van der Waals surface area (Å²) in [6, 6.07) is 5.63. The van der Waals surface area contributed by atoms with Gasteiger partial charge in [0.15, 0.2) is 11.5 Å². The first kappa shape index (κ1) is 16.6. The monoisotopic (exact) mass is 332 g/mol. The zero-order valence-corrected chi connectivity index (χ0v) is 14.4. The molecule has 6 nitrogen and oxygen atoms in total. The van der Waals surface area contributed by atoms with Gasteiger partial charge in [0.1, 0.15) is 0 Å². The third-order valence-electron chi connectivity index (χ3n) is 4.86. The molecule has 2 heterocycles. The SMILES string of the molecule is CCC[C@H](C)N(C)C(=O)[C@H]1CC(=O)N(c2ccc3c(c2)OCO3)C1. The number of carbonyl (C=O) groups is 2. The van der Waals surface area contributed by atoms with Crippen LogP contribution in [0.4, 0.5) is 5.69 Å². The van der Waals surface area contributed by atoms with Gasteiger partial charge in [0, 0.05) is 37.8 Å². The molecule has 2 atom stereocenters. The van der Waals surface area contributed by atoms with Crippen molar-refractivity contribution in [3.05, 3.63) is 18.2 Å². The van der Waals surface area contributed by atoms with Crippen LogP contribution in [-0.2, 0) is 9.59 Å². The van der Waals surface area contributed by atoms with Crippen molar-refractivity contribution in [2.75, 3.05) is 25.3 Å². The molecule has 0 saturated carbocycles. The topological polar surface area (TPSA) is 59.1 Å². The van der Waals surface area contributed by atoms with Crippen LogP contribution in [0.3, 0.4) is 0 Å². The van der Waals surface area contributed by atoms with Crippen LogP contribution in [0.1, 0.15) is 33.1 Å². The predicted molar refractivity (Wildman–Crippen MR) is 90.2 cm³/mol. The summed E-state index contributed by atoms with van der Waals surface area (Å²) in [5.74, 6) is 1.07. The molecule has 0 aromatic heterocycles. The number of benzene rings is 1. The minimum Gasteiger partial charge on any atom is -0.454 e. The number of fused-ring (bicyclic) bond motifs is 1. The maximum atomic E-state index is 12.7. The summed E-state index contributed by atoms with van der Waals surface area (Å²) >= 11 is 0.